The van der Waals surface area contributed by atoms with Crippen LogP contribution in [-0.2, 0) is 0 Å². The Labute approximate surface area is 129 Å². The molecular weight excluding hydrogens is 240 g/mol. The van der Waals surface area contributed by atoms with Gasteiger partial charge >= 0.3 is 0 Å². The third-order valence-corrected chi connectivity index (χ3v) is 3.95. The average Bonchev–Trinajstić information content (AvgIpc) is 2.47. The summed E-state index contributed by atoms with van der Waals surface area (Å²) in [7, 11) is 0. The van der Waals surface area contributed by atoms with Gasteiger partial charge in [-0.2, -0.15) is 0 Å². The maximum Gasteiger partial charge on any atom is -0.0351 e. The van der Waals surface area contributed by atoms with E-state index in [2.05, 4.69) is 26.0 Å². The normalized spacial score (nSPS) is 11.5. The van der Waals surface area contributed by atoms with Crippen molar-refractivity contribution in [2.45, 2.75) is 103 Å². The summed E-state index contributed by atoms with van der Waals surface area (Å²) in [6.45, 7) is 7.69. The number of hydrogen-bond acceptors (Lipinski definition) is 0. The third kappa shape index (κ3) is 17.7. The molecule has 0 fully saturated rings. The molecule has 0 bridgehead atoms. The molecule has 0 aliphatic heterocycles. The fourth-order valence-corrected chi connectivity index (χ4v) is 2.62. The summed E-state index contributed by atoms with van der Waals surface area (Å²) in [4.78, 5) is 0. The predicted molar refractivity (Wildman–Crippen MR) is 93.7 cm³/mol. The van der Waals surface area contributed by atoms with Crippen molar-refractivity contribution in [2.75, 3.05) is 0 Å². The first-order valence-corrected chi connectivity index (χ1v) is 9.15. The Morgan fingerprint density at radius 1 is 0.450 bits per heavy atom. The smallest absolute Gasteiger partial charge is 0.0351 e. The highest BCUT2D eigenvalue weighted by atomic mass is 14.0. The maximum absolute atomic E-state index is 3.89. The van der Waals surface area contributed by atoms with Crippen molar-refractivity contribution in [3.05, 3.63) is 26.0 Å². The Balaban J connectivity index is 2.94. The van der Waals surface area contributed by atoms with E-state index in [1.165, 1.54) is 89.9 Å². The Morgan fingerprint density at radius 2 is 0.850 bits per heavy atom. The zero-order valence-corrected chi connectivity index (χ0v) is 13.9. The minimum absolute atomic E-state index is 0.940. The van der Waals surface area contributed by atoms with Crippen molar-refractivity contribution in [1.82, 2.24) is 0 Å². The van der Waals surface area contributed by atoms with Gasteiger partial charge in [-0.3, -0.25) is 0 Å². The SMILES string of the molecule is [CH2]CC=CCCCCCCCCCCCCCCC[CH2]. The molecule has 0 aliphatic carbocycles. The molecule has 0 heterocycles. The summed E-state index contributed by atoms with van der Waals surface area (Å²) in [5.74, 6) is 0. The molecule has 0 spiro atoms. The van der Waals surface area contributed by atoms with Gasteiger partial charge in [0.15, 0.2) is 0 Å². The van der Waals surface area contributed by atoms with Crippen molar-refractivity contribution >= 4 is 0 Å². The molecule has 0 atom stereocenters. The average molecular weight is 279 g/mol. The lowest BCUT2D eigenvalue weighted by Crippen LogP contribution is -1.83. The number of rotatable bonds is 16. The molecule has 0 N–H and O–H groups in total. The van der Waals surface area contributed by atoms with Crippen molar-refractivity contribution in [2.24, 2.45) is 0 Å². The molecule has 0 unspecified atom stereocenters. The van der Waals surface area contributed by atoms with Crippen LogP contribution in [0, 0.1) is 13.8 Å². The van der Waals surface area contributed by atoms with Crippen LogP contribution >= 0.6 is 0 Å². The van der Waals surface area contributed by atoms with Crippen LogP contribution in [0.5, 0.6) is 0 Å². The molecule has 2 radical (unpaired) electrons. The zero-order valence-electron chi connectivity index (χ0n) is 13.9. The van der Waals surface area contributed by atoms with E-state index in [9.17, 15) is 0 Å². The Bertz CT molecular complexity index is 180. The second kappa shape index (κ2) is 18.7. The summed E-state index contributed by atoms with van der Waals surface area (Å²) in [5.41, 5.74) is 0. The summed E-state index contributed by atoms with van der Waals surface area (Å²) < 4.78 is 0. The van der Waals surface area contributed by atoms with Crippen molar-refractivity contribution in [3.8, 4) is 0 Å². The molecule has 0 saturated heterocycles. The highest BCUT2D eigenvalue weighted by Gasteiger charge is 1.93. The summed E-state index contributed by atoms with van der Waals surface area (Å²) in [6.07, 6.45) is 26.3. The van der Waals surface area contributed by atoms with Gasteiger partial charge in [0.1, 0.15) is 0 Å². The molecule has 0 saturated carbocycles. The lowest BCUT2D eigenvalue weighted by atomic mass is 10.0. The lowest BCUT2D eigenvalue weighted by Gasteiger charge is -2.02. The van der Waals surface area contributed by atoms with Gasteiger partial charge in [0, 0.05) is 0 Å². The second-order valence-electron chi connectivity index (χ2n) is 6.00. The summed E-state index contributed by atoms with van der Waals surface area (Å²) >= 11 is 0. The highest BCUT2D eigenvalue weighted by Crippen LogP contribution is 2.13. The number of hydrogen-bond donors (Lipinski definition) is 0. The first-order chi connectivity index (χ1) is 9.91. The minimum atomic E-state index is 0.940. The molecule has 118 valence electrons. The summed E-state index contributed by atoms with van der Waals surface area (Å²) in [6, 6.07) is 0. The van der Waals surface area contributed by atoms with Gasteiger partial charge in [0.05, 0.1) is 0 Å². The van der Waals surface area contributed by atoms with E-state index in [4.69, 9.17) is 0 Å². The Kier molecular flexibility index (Phi) is 18.5. The van der Waals surface area contributed by atoms with E-state index in [1.807, 2.05) is 0 Å². The molecule has 0 aromatic carbocycles. The number of unbranched alkanes of at least 4 members (excludes halogenated alkanes) is 14. The molecule has 0 aromatic heterocycles. The number of allylic oxidation sites excluding steroid dienone is 2. The van der Waals surface area contributed by atoms with E-state index in [0.29, 0.717) is 0 Å². The minimum Gasteiger partial charge on any atom is -0.0885 e. The van der Waals surface area contributed by atoms with Crippen molar-refractivity contribution in [3.63, 3.8) is 0 Å². The van der Waals surface area contributed by atoms with Crippen LogP contribution in [-0.4, -0.2) is 0 Å². The van der Waals surface area contributed by atoms with E-state index >= 15 is 0 Å². The van der Waals surface area contributed by atoms with Gasteiger partial charge in [-0.05, 0) is 26.2 Å². The predicted octanol–water partition coefficient (Wildman–Crippen LogP) is 7.45. The first-order valence-electron chi connectivity index (χ1n) is 9.15. The molecule has 0 amide bonds. The largest absolute Gasteiger partial charge is 0.0885 e. The van der Waals surface area contributed by atoms with Crippen LogP contribution in [0.15, 0.2) is 12.2 Å². The maximum atomic E-state index is 3.89. The van der Waals surface area contributed by atoms with Crippen LogP contribution in [0.2, 0.25) is 0 Å². The van der Waals surface area contributed by atoms with Gasteiger partial charge in [0.25, 0.3) is 0 Å². The van der Waals surface area contributed by atoms with Gasteiger partial charge < -0.3 is 0 Å². The van der Waals surface area contributed by atoms with Crippen LogP contribution in [0.1, 0.15) is 103 Å². The molecule has 0 heteroatoms. The first kappa shape index (κ1) is 19.7. The summed E-state index contributed by atoms with van der Waals surface area (Å²) in [5, 5.41) is 0. The van der Waals surface area contributed by atoms with Crippen LogP contribution in [0.4, 0.5) is 0 Å². The van der Waals surface area contributed by atoms with Crippen molar-refractivity contribution in [1.29, 1.82) is 0 Å². The van der Waals surface area contributed by atoms with E-state index in [0.717, 1.165) is 12.8 Å². The van der Waals surface area contributed by atoms with Gasteiger partial charge in [-0.1, -0.05) is 103 Å². The molecule has 0 aliphatic rings. The van der Waals surface area contributed by atoms with Crippen molar-refractivity contribution < 1.29 is 0 Å². The quantitative estimate of drug-likeness (QED) is 0.203. The molecule has 20 heavy (non-hydrogen) atoms. The molecular formula is C20H38. The van der Waals surface area contributed by atoms with Crippen LogP contribution in [0.25, 0.3) is 0 Å². The molecule has 0 rings (SSSR count). The van der Waals surface area contributed by atoms with E-state index < -0.39 is 0 Å². The van der Waals surface area contributed by atoms with Gasteiger partial charge in [0.2, 0.25) is 0 Å². The Morgan fingerprint density at radius 3 is 1.25 bits per heavy atom. The lowest BCUT2D eigenvalue weighted by molar-refractivity contribution is 0.538. The van der Waals surface area contributed by atoms with Gasteiger partial charge in [-0.15, -0.1) is 0 Å². The van der Waals surface area contributed by atoms with E-state index in [1.54, 1.807) is 0 Å². The highest BCUT2D eigenvalue weighted by molar-refractivity contribution is 4.81. The standard InChI is InChI=1S/C20H38/c1-3-5-7-9-11-13-15-17-19-20-18-16-14-12-10-8-6-4-2/h5,7H,1-4,6,8-20H2. The third-order valence-electron chi connectivity index (χ3n) is 3.95. The second-order valence-corrected chi connectivity index (χ2v) is 6.00. The monoisotopic (exact) mass is 278 g/mol. The van der Waals surface area contributed by atoms with Crippen LogP contribution in [0.3, 0.4) is 0 Å². The zero-order chi connectivity index (χ0) is 14.7. The Hall–Kier alpha value is -0.260. The van der Waals surface area contributed by atoms with Crippen LogP contribution < -0.4 is 0 Å². The fourth-order valence-electron chi connectivity index (χ4n) is 2.62. The van der Waals surface area contributed by atoms with Gasteiger partial charge in [-0.25, -0.2) is 0 Å². The van der Waals surface area contributed by atoms with E-state index in [-0.39, 0.29) is 0 Å². The molecule has 0 nitrogen and oxygen atoms in total. The topological polar surface area (TPSA) is 0 Å². The fraction of sp³-hybridized carbons (Fsp3) is 0.800. The molecule has 0 aromatic rings.